The topological polar surface area (TPSA) is 87.6 Å². The summed E-state index contributed by atoms with van der Waals surface area (Å²) in [5.74, 6) is 0.669. The van der Waals surface area contributed by atoms with E-state index in [1.807, 2.05) is 37.4 Å². The number of guanidine groups is 1. The predicted molar refractivity (Wildman–Crippen MR) is 133 cm³/mol. The SMILES string of the molecule is CCNC(=NCc1cccc(NC(=O)C2CCCO2)c1)NCc1ncc(CC)s1.I. The van der Waals surface area contributed by atoms with E-state index in [0.717, 1.165) is 48.0 Å². The molecule has 1 aromatic carbocycles. The number of hydrogen-bond donors (Lipinski definition) is 3. The molecule has 1 aromatic heterocycles. The molecule has 0 saturated carbocycles. The number of anilines is 1. The lowest BCUT2D eigenvalue weighted by Crippen LogP contribution is -2.36. The Kier molecular flexibility index (Phi) is 10.5. The lowest BCUT2D eigenvalue weighted by atomic mass is 10.2. The molecule has 30 heavy (non-hydrogen) atoms. The van der Waals surface area contributed by atoms with Crippen LogP contribution < -0.4 is 16.0 Å². The maximum absolute atomic E-state index is 12.2. The van der Waals surface area contributed by atoms with Crippen LogP contribution in [0.25, 0.3) is 0 Å². The molecule has 3 rings (SSSR count). The molecule has 0 bridgehead atoms. The van der Waals surface area contributed by atoms with Crippen LogP contribution >= 0.6 is 35.3 Å². The average molecular weight is 543 g/mol. The molecule has 1 saturated heterocycles. The first kappa shape index (κ1) is 24.5. The van der Waals surface area contributed by atoms with Crippen molar-refractivity contribution in [1.82, 2.24) is 15.6 Å². The molecule has 7 nitrogen and oxygen atoms in total. The van der Waals surface area contributed by atoms with Gasteiger partial charge in [-0.25, -0.2) is 9.98 Å². The van der Waals surface area contributed by atoms with Gasteiger partial charge in [-0.2, -0.15) is 0 Å². The van der Waals surface area contributed by atoms with E-state index >= 15 is 0 Å². The van der Waals surface area contributed by atoms with E-state index in [1.54, 1.807) is 11.3 Å². The summed E-state index contributed by atoms with van der Waals surface area (Å²) in [7, 11) is 0. The summed E-state index contributed by atoms with van der Waals surface area (Å²) in [5.41, 5.74) is 1.79. The number of nitrogens with zero attached hydrogens (tertiary/aromatic N) is 2. The number of hydrogen-bond acceptors (Lipinski definition) is 5. The van der Waals surface area contributed by atoms with Gasteiger partial charge in [0.25, 0.3) is 5.91 Å². The van der Waals surface area contributed by atoms with Gasteiger partial charge >= 0.3 is 0 Å². The first-order valence-electron chi connectivity index (χ1n) is 10.1. The molecule has 0 radical (unpaired) electrons. The number of aromatic nitrogens is 1. The number of ether oxygens (including phenoxy) is 1. The van der Waals surface area contributed by atoms with Crippen molar-refractivity contribution in [2.24, 2.45) is 4.99 Å². The average Bonchev–Trinajstić information content (AvgIpc) is 3.42. The third kappa shape index (κ3) is 7.51. The van der Waals surface area contributed by atoms with Crippen molar-refractivity contribution in [1.29, 1.82) is 0 Å². The second-order valence-corrected chi connectivity index (χ2v) is 8.01. The molecule has 0 spiro atoms. The maximum atomic E-state index is 12.2. The summed E-state index contributed by atoms with van der Waals surface area (Å²) in [6, 6.07) is 7.77. The minimum atomic E-state index is -0.333. The van der Waals surface area contributed by atoms with E-state index in [0.29, 0.717) is 19.7 Å². The fraction of sp³-hybridized carbons (Fsp3) is 0.476. The van der Waals surface area contributed by atoms with Crippen molar-refractivity contribution in [3.63, 3.8) is 0 Å². The van der Waals surface area contributed by atoms with Crippen LogP contribution in [0.2, 0.25) is 0 Å². The fourth-order valence-corrected chi connectivity index (χ4v) is 3.82. The lowest BCUT2D eigenvalue weighted by Gasteiger charge is -2.12. The summed E-state index contributed by atoms with van der Waals surface area (Å²) >= 11 is 1.72. The molecule has 0 aliphatic carbocycles. The smallest absolute Gasteiger partial charge is 0.253 e. The number of amides is 1. The molecule has 2 heterocycles. The van der Waals surface area contributed by atoms with Gasteiger partial charge in [-0.1, -0.05) is 19.1 Å². The molecule has 1 amide bonds. The number of aryl methyl sites for hydroxylation is 1. The van der Waals surface area contributed by atoms with Crippen molar-refractivity contribution in [3.8, 4) is 0 Å². The largest absolute Gasteiger partial charge is 0.368 e. The van der Waals surface area contributed by atoms with Crippen molar-refractivity contribution in [2.45, 2.75) is 52.3 Å². The first-order valence-corrected chi connectivity index (χ1v) is 11.0. The Morgan fingerprint density at radius 1 is 1.33 bits per heavy atom. The van der Waals surface area contributed by atoms with Crippen LogP contribution in [0.15, 0.2) is 35.5 Å². The Morgan fingerprint density at radius 3 is 2.90 bits per heavy atom. The summed E-state index contributed by atoms with van der Waals surface area (Å²) < 4.78 is 5.44. The van der Waals surface area contributed by atoms with Gasteiger partial charge in [0.2, 0.25) is 0 Å². The van der Waals surface area contributed by atoms with Crippen molar-refractivity contribution >= 4 is 52.9 Å². The zero-order valence-electron chi connectivity index (χ0n) is 17.4. The first-order chi connectivity index (χ1) is 14.2. The molecule has 2 aromatic rings. The zero-order valence-corrected chi connectivity index (χ0v) is 20.6. The molecule has 164 valence electrons. The van der Waals surface area contributed by atoms with Crippen LogP contribution in [-0.4, -0.2) is 36.1 Å². The zero-order chi connectivity index (χ0) is 20.5. The number of thiazole rings is 1. The Labute approximate surface area is 199 Å². The van der Waals surface area contributed by atoms with Gasteiger partial charge in [0.15, 0.2) is 5.96 Å². The predicted octanol–water partition coefficient (Wildman–Crippen LogP) is 3.70. The summed E-state index contributed by atoms with van der Waals surface area (Å²) in [6.07, 6.45) is 4.33. The Hall–Kier alpha value is -1.72. The second kappa shape index (κ2) is 12.9. The summed E-state index contributed by atoms with van der Waals surface area (Å²) in [6.45, 7) is 6.77. The minimum absolute atomic E-state index is 0. The number of carbonyl (C=O) groups is 1. The van der Waals surface area contributed by atoms with Crippen LogP contribution in [0, 0.1) is 0 Å². The molecule has 1 unspecified atom stereocenters. The highest BCUT2D eigenvalue weighted by Gasteiger charge is 2.23. The molecule has 1 aliphatic rings. The lowest BCUT2D eigenvalue weighted by molar-refractivity contribution is -0.124. The second-order valence-electron chi connectivity index (χ2n) is 6.81. The van der Waals surface area contributed by atoms with Crippen LogP contribution in [0.3, 0.4) is 0 Å². The van der Waals surface area contributed by atoms with E-state index in [4.69, 9.17) is 4.74 Å². The van der Waals surface area contributed by atoms with Gasteiger partial charge in [-0.05, 0) is 43.9 Å². The van der Waals surface area contributed by atoms with E-state index in [9.17, 15) is 4.79 Å². The van der Waals surface area contributed by atoms with E-state index < -0.39 is 0 Å². The molecule has 9 heteroatoms. The van der Waals surface area contributed by atoms with Gasteiger partial charge in [-0.15, -0.1) is 35.3 Å². The Morgan fingerprint density at radius 2 is 2.20 bits per heavy atom. The third-order valence-corrected chi connectivity index (χ3v) is 5.68. The molecule has 1 atom stereocenters. The quantitative estimate of drug-likeness (QED) is 0.269. The molecule has 1 aliphatic heterocycles. The Bertz CT molecular complexity index is 836. The van der Waals surface area contributed by atoms with Crippen molar-refractivity contribution < 1.29 is 9.53 Å². The van der Waals surface area contributed by atoms with Gasteiger partial charge < -0.3 is 20.7 Å². The number of benzene rings is 1. The standard InChI is InChI=1S/C21H29N5O2S.HI/c1-3-17-13-23-19(29-17)14-25-21(22-4-2)24-12-15-7-5-8-16(11-15)26-20(27)18-9-6-10-28-18;/h5,7-8,11,13,18H,3-4,6,9-10,12,14H2,1-2H3,(H,26,27)(H2,22,24,25);1H. The van der Waals surface area contributed by atoms with Crippen molar-refractivity contribution in [2.75, 3.05) is 18.5 Å². The maximum Gasteiger partial charge on any atom is 0.253 e. The minimum Gasteiger partial charge on any atom is -0.368 e. The number of carbonyl (C=O) groups excluding carboxylic acids is 1. The highest BCUT2D eigenvalue weighted by molar-refractivity contribution is 14.0. The molecule has 1 fully saturated rings. The Balaban J connectivity index is 0.00000320. The third-order valence-electron chi connectivity index (χ3n) is 4.54. The van der Waals surface area contributed by atoms with E-state index in [2.05, 4.69) is 32.9 Å². The monoisotopic (exact) mass is 543 g/mol. The van der Waals surface area contributed by atoms with Gasteiger partial charge in [0.05, 0.1) is 13.1 Å². The van der Waals surface area contributed by atoms with Crippen molar-refractivity contribution in [3.05, 3.63) is 45.9 Å². The molecule has 3 N–H and O–H groups in total. The summed E-state index contributed by atoms with van der Waals surface area (Å²) in [4.78, 5) is 22.6. The van der Waals surface area contributed by atoms with Crippen LogP contribution in [0.5, 0.6) is 0 Å². The number of rotatable bonds is 8. The van der Waals surface area contributed by atoms with E-state index in [1.165, 1.54) is 4.88 Å². The van der Waals surface area contributed by atoms with Crippen LogP contribution in [0.4, 0.5) is 5.69 Å². The normalized spacial score (nSPS) is 16.1. The highest BCUT2D eigenvalue weighted by atomic mass is 127. The highest BCUT2D eigenvalue weighted by Crippen LogP contribution is 2.17. The van der Waals surface area contributed by atoms with E-state index in [-0.39, 0.29) is 36.0 Å². The fourth-order valence-electron chi connectivity index (χ4n) is 3.02. The number of aliphatic imine (C=N–C) groups is 1. The van der Waals surface area contributed by atoms with Crippen LogP contribution in [0.1, 0.15) is 42.1 Å². The van der Waals surface area contributed by atoms with Crippen LogP contribution in [-0.2, 0) is 29.0 Å². The number of halogens is 1. The van der Waals surface area contributed by atoms with Gasteiger partial charge in [0.1, 0.15) is 11.1 Å². The number of nitrogens with one attached hydrogen (secondary N) is 3. The molecular formula is C21H30IN5O2S. The van der Waals surface area contributed by atoms with Gasteiger partial charge in [-0.3, -0.25) is 4.79 Å². The summed E-state index contributed by atoms with van der Waals surface area (Å²) in [5, 5.41) is 10.6. The van der Waals surface area contributed by atoms with Gasteiger partial charge in [0, 0.05) is 29.9 Å². The molecular weight excluding hydrogens is 513 g/mol.